The third kappa shape index (κ3) is 3.33. The van der Waals surface area contributed by atoms with Gasteiger partial charge in [-0.1, -0.05) is 20.8 Å². The molecule has 0 saturated carbocycles. The van der Waals surface area contributed by atoms with E-state index in [2.05, 4.69) is 42.1 Å². The Hall–Kier alpha value is -0.870. The van der Waals surface area contributed by atoms with Crippen LogP contribution in [0.25, 0.3) is 0 Å². The van der Waals surface area contributed by atoms with Gasteiger partial charge in [0.2, 0.25) is 0 Å². The van der Waals surface area contributed by atoms with Crippen LogP contribution in [0.15, 0.2) is 12.5 Å². The van der Waals surface area contributed by atoms with Gasteiger partial charge in [-0.3, -0.25) is 4.90 Å². The van der Waals surface area contributed by atoms with E-state index < -0.39 is 0 Å². The fraction of sp³-hybridized carbons (Fsp3) is 0.786. The summed E-state index contributed by atoms with van der Waals surface area (Å²) >= 11 is 0. The first kappa shape index (κ1) is 15.2. The molecule has 0 bridgehead atoms. The lowest BCUT2D eigenvalue weighted by Crippen LogP contribution is -2.40. The summed E-state index contributed by atoms with van der Waals surface area (Å²) in [5, 5.41) is 0. The molecule has 104 valence electrons. The predicted octanol–water partition coefficient (Wildman–Crippen LogP) is 2.41. The first-order valence-corrected chi connectivity index (χ1v) is 7.15. The van der Waals surface area contributed by atoms with E-state index in [1.54, 1.807) is 0 Å². The quantitative estimate of drug-likeness (QED) is 0.773. The largest absolute Gasteiger partial charge is 0.333 e. The molecule has 0 radical (unpaired) electrons. The van der Waals surface area contributed by atoms with E-state index in [0.29, 0.717) is 12.6 Å². The van der Waals surface area contributed by atoms with Crippen molar-refractivity contribution in [3.63, 3.8) is 0 Å². The average molecular weight is 252 g/mol. The maximum atomic E-state index is 6.02. The number of likely N-dealkylation sites (N-methyl/N-ethyl adjacent to an activating group) is 1. The van der Waals surface area contributed by atoms with Crippen molar-refractivity contribution in [1.82, 2.24) is 14.5 Å². The summed E-state index contributed by atoms with van der Waals surface area (Å²) in [4.78, 5) is 6.77. The van der Waals surface area contributed by atoms with E-state index in [1.165, 1.54) is 5.69 Å². The zero-order valence-corrected chi connectivity index (χ0v) is 12.3. The Kier molecular flexibility index (Phi) is 6.36. The van der Waals surface area contributed by atoms with Gasteiger partial charge in [-0.25, -0.2) is 4.98 Å². The van der Waals surface area contributed by atoms with E-state index in [1.807, 2.05) is 12.5 Å². The van der Waals surface area contributed by atoms with E-state index in [9.17, 15) is 0 Å². The molecular formula is C14H28N4. The molecular weight excluding hydrogens is 224 g/mol. The van der Waals surface area contributed by atoms with Crippen LogP contribution in [0, 0.1) is 0 Å². The zero-order valence-electron chi connectivity index (χ0n) is 12.3. The molecule has 0 aliphatic heterocycles. The number of imidazole rings is 1. The number of aryl methyl sites for hydroxylation is 1. The molecule has 0 amide bonds. The molecule has 1 rings (SSSR count). The second kappa shape index (κ2) is 7.54. The van der Waals surface area contributed by atoms with E-state index in [-0.39, 0.29) is 6.04 Å². The Morgan fingerprint density at radius 3 is 2.61 bits per heavy atom. The van der Waals surface area contributed by atoms with Crippen LogP contribution in [-0.4, -0.2) is 33.6 Å². The Bertz CT molecular complexity index is 334. The van der Waals surface area contributed by atoms with Gasteiger partial charge in [0.25, 0.3) is 0 Å². The molecule has 0 saturated heterocycles. The first-order chi connectivity index (χ1) is 8.69. The minimum absolute atomic E-state index is 0.277. The smallest absolute Gasteiger partial charge is 0.0948 e. The van der Waals surface area contributed by atoms with Gasteiger partial charge in [-0.15, -0.1) is 0 Å². The third-order valence-corrected chi connectivity index (χ3v) is 3.70. The summed E-state index contributed by atoms with van der Waals surface area (Å²) in [6.07, 6.45) is 6.16. The van der Waals surface area contributed by atoms with Crippen LogP contribution in [0.1, 0.15) is 52.3 Å². The molecule has 0 aliphatic carbocycles. The standard InChI is InChI=1S/C14H28N4/c1-5-8-17-11-16-10-14(17)13(9-15)18(7-3)12(4)6-2/h10-13H,5-9,15H2,1-4H3. The highest BCUT2D eigenvalue weighted by Gasteiger charge is 2.24. The van der Waals surface area contributed by atoms with Crippen LogP contribution in [0.2, 0.25) is 0 Å². The number of hydrogen-bond acceptors (Lipinski definition) is 3. The molecule has 4 nitrogen and oxygen atoms in total. The fourth-order valence-electron chi connectivity index (χ4n) is 2.54. The van der Waals surface area contributed by atoms with Crippen LogP contribution in [0.4, 0.5) is 0 Å². The lowest BCUT2D eigenvalue weighted by Gasteiger charge is -2.35. The molecule has 2 N–H and O–H groups in total. The molecule has 2 unspecified atom stereocenters. The first-order valence-electron chi connectivity index (χ1n) is 7.15. The van der Waals surface area contributed by atoms with Crippen LogP contribution in [0.5, 0.6) is 0 Å². The minimum Gasteiger partial charge on any atom is -0.333 e. The Morgan fingerprint density at radius 2 is 2.11 bits per heavy atom. The molecule has 4 heteroatoms. The summed E-state index contributed by atoms with van der Waals surface area (Å²) in [6.45, 7) is 11.6. The molecule has 0 aromatic carbocycles. The van der Waals surface area contributed by atoms with Crippen molar-refractivity contribution in [2.24, 2.45) is 5.73 Å². The molecule has 2 atom stereocenters. The summed E-state index contributed by atoms with van der Waals surface area (Å²) in [7, 11) is 0. The Morgan fingerprint density at radius 1 is 1.39 bits per heavy atom. The Balaban J connectivity index is 2.96. The number of hydrogen-bond donors (Lipinski definition) is 1. The second-order valence-electron chi connectivity index (χ2n) is 4.85. The number of nitrogens with two attached hydrogens (primary N) is 1. The molecule has 1 aromatic heterocycles. The molecule has 1 aromatic rings. The van der Waals surface area contributed by atoms with Crippen molar-refractivity contribution >= 4 is 0 Å². The molecule has 1 heterocycles. The number of aromatic nitrogens is 2. The summed E-state index contributed by atoms with van der Waals surface area (Å²) < 4.78 is 2.24. The van der Waals surface area contributed by atoms with Crippen molar-refractivity contribution in [3.8, 4) is 0 Å². The third-order valence-electron chi connectivity index (χ3n) is 3.70. The number of nitrogens with zero attached hydrogens (tertiary/aromatic N) is 3. The predicted molar refractivity (Wildman–Crippen MR) is 76.4 cm³/mol. The molecule has 0 fully saturated rings. The monoisotopic (exact) mass is 252 g/mol. The van der Waals surface area contributed by atoms with Gasteiger partial charge in [0.05, 0.1) is 18.1 Å². The second-order valence-corrected chi connectivity index (χ2v) is 4.85. The van der Waals surface area contributed by atoms with Crippen molar-refractivity contribution in [2.75, 3.05) is 13.1 Å². The van der Waals surface area contributed by atoms with Crippen molar-refractivity contribution in [1.29, 1.82) is 0 Å². The highest BCUT2D eigenvalue weighted by Crippen LogP contribution is 2.23. The highest BCUT2D eigenvalue weighted by atomic mass is 15.2. The topological polar surface area (TPSA) is 47.1 Å². The van der Waals surface area contributed by atoms with Gasteiger partial charge in [0.15, 0.2) is 0 Å². The summed E-state index contributed by atoms with van der Waals surface area (Å²) in [6, 6.07) is 0.826. The van der Waals surface area contributed by atoms with Gasteiger partial charge in [0.1, 0.15) is 0 Å². The summed E-state index contributed by atoms with van der Waals surface area (Å²) in [5.41, 5.74) is 7.27. The highest BCUT2D eigenvalue weighted by molar-refractivity contribution is 5.07. The molecule has 0 aliphatic rings. The lowest BCUT2D eigenvalue weighted by molar-refractivity contribution is 0.146. The maximum Gasteiger partial charge on any atom is 0.0948 e. The van der Waals surface area contributed by atoms with Crippen LogP contribution in [0.3, 0.4) is 0 Å². The van der Waals surface area contributed by atoms with Crippen molar-refractivity contribution < 1.29 is 0 Å². The fourth-order valence-corrected chi connectivity index (χ4v) is 2.54. The van der Waals surface area contributed by atoms with Gasteiger partial charge >= 0.3 is 0 Å². The molecule has 18 heavy (non-hydrogen) atoms. The van der Waals surface area contributed by atoms with Crippen molar-refractivity contribution in [3.05, 3.63) is 18.2 Å². The van der Waals surface area contributed by atoms with Crippen molar-refractivity contribution in [2.45, 2.75) is 59.2 Å². The van der Waals surface area contributed by atoms with Crippen LogP contribution < -0.4 is 5.73 Å². The summed E-state index contributed by atoms with van der Waals surface area (Å²) in [5.74, 6) is 0. The average Bonchev–Trinajstić information content (AvgIpc) is 2.83. The Labute approximate surface area is 111 Å². The van der Waals surface area contributed by atoms with E-state index in [0.717, 1.165) is 25.9 Å². The lowest BCUT2D eigenvalue weighted by atomic mass is 10.1. The maximum absolute atomic E-state index is 6.02. The zero-order chi connectivity index (χ0) is 13.5. The van der Waals surface area contributed by atoms with Crippen LogP contribution in [-0.2, 0) is 6.54 Å². The van der Waals surface area contributed by atoms with Gasteiger partial charge in [-0.2, -0.15) is 0 Å². The SMILES string of the molecule is CCCn1cncc1C(CN)N(CC)C(C)CC. The molecule has 0 spiro atoms. The van der Waals surface area contributed by atoms with Gasteiger partial charge in [-0.05, 0) is 26.3 Å². The number of rotatable bonds is 8. The van der Waals surface area contributed by atoms with E-state index in [4.69, 9.17) is 5.73 Å². The normalized spacial score (nSPS) is 15.0. The van der Waals surface area contributed by atoms with E-state index >= 15 is 0 Å². The van der Waals surface area contributed by atoms with Crippen LogP contribution >= 0.6 is 0 Å². The van der Waals surface area contributed by atoms with Gasteiger partial charge < -0.3 is 10.3 Å². The van der Waals surface area contributed by atoms with Gasteiger partial charge in [0, 0.05) is 25.3 Å². The minimum atomic E-state index is 0.277.